The first-order valence-corrected chi connectivity index (χ1v) is 4.94. The van der Waals surface area contributed by atoms with Crippen molar-refractivity contribution in [3.63, 3.8) is 0 Å². The molecule has 0 unspecified atom stereocenters. The van der Waals surface area contributed by atoms with E-state index < -0.39 is 0 Å². The average molecular weight is 192 g/mol. The van der Waals surface area contributed by atoms with E-state index in [1.165, 1.54) is 6.07 Å². The van der Waals surface area contributed by atoms with Gasteiger partial charge in [0.25, 0.3) is 0 Å². The van der Waals surface area contributed by atoms with Gasteiger partial charge in [0.1, 0.15) is 11.6 Å². The van der Waals surface area contributed by atoms with Crippen LogP contribution < -0.4 is 0 Å². The quantitative estimate of drug-likeness (QED) is 0.719. The maximum absolute atomic E-state index is 13.0. The molecule has 0 heterocycles. The van der Waals surface area contributed by atoms with E-state index >= 15 is 0 Å². The third kappa shape index (κ3) is 2.00. The SMILES string of the molecule is CC(=O)Cc1ccc(F)cc1C1CC1. The second kappa shape index (κ2) is 3.52. The van der Waals surface area contributed by atoms with Gasteiger partial charge in [-0.25, -0.2) is 4.39 Å². The van der Waals surface area contributed by atoms with Crippen LogP contribution in [-0.2, 0) is 11.2 Å². The molecule has 74 valence electrons. The minimum Gasteiger partial charge on any atom is -0.300 e. The zero-order chi connectivity index (χ0) is 10.1. The Labute approximate surface area is 82.9 Å². The lowest BCUT2D eigenvalue weighted by Crippen LogP contribution is -2.00. The molecule has 0 amide bonds. The van der Waals surface area contributed by atoms with E-state index in [0.717, 1.165) is 24.0 Å². The Balaban J connectivity index is 2.32. The monoisotopic (exact) mass is 192 g/mol. The average Bonchev–Trinajstić information content (AvgIpc) is 2.90. The van der Waals surface area contributed by atoms with E-state index in [0.29, 0.717) is 12.3 Å². The molecule has 0 atom stereocenters. The lowest BCUT2D eigenvalue weighted by molar-refractivity contribution is -0.116. The van der Waals surface area contributed by atoms with Crippen molar-refractivity contribution < 1.29 is 9.18 Å². The number of carbonyl (C=O) groups is 1. The topological polar surface area (TPSA) is 17.1 Å². The van der Waals surface area contributed by atoms with Gasteiger partial charge in [-0.1, -0.05) is 6.07 Å². The van der Waals surface area contributed by atoms with Gasteiger partial charge in [-0.05, 0) is 48.9 Å². The van der Waals surface area contributed by atoms with Crippen molar-refractivity contribution in [2.45, 2.75) is 32.1 Å². The number of ketones is 1. The van der Waals surface area contributed by atoms with Crippen molar-refractivity contribution in [3.05, 3.63) is 35.1 Å². The van der Waals surface area contributed by atoms with E-state index in [1.54, 1.807) is 19.1 Å². The number of Topliss-reactive ketones (excluding diaryl/α,β-unsaturated/α-hetero) is 1. The highest BCUT2D eigenvalue weighted by Crippen LogP contribution is 2.42. The number of carbonyl (C=O) groups excluding carboxylic acids is 1. The Morgan fingerprint density at radius 2 is 2.21 bits per heavy atom. The molecule has 1 fully saturated rings. The molecule has 0 bridgehead atoms. The fraction of sp³-hybridized carbons (Fsp3) is 0.417. The first-order chi connectivity index (χ1) is 6.66. The number of benzene rings is 1. The van der Waals surface area contributed by atoms with Crippen LogP contribution in [0, 0.1) is 5.82 Å². The van der Waals surface area contributed by atoms with Crippen molar-refractivity contribution in [1.82, 2.24) is 0 Å². The molecule has 0 spiro atoms. The summed E-state index contributed by atoms with van der Waals surface area (Å²) in [5.74, 6) is 0.442. The summed E-state index contributed by atoms with van der Waals surface area (Å²) in [4.78, 5) is 11.0. The van der Waals surface area contributed by atoms with Crippen LogP contribution >= 0.6 is 0 Å². The molecule has 2 heteroatoms. The highest BCUT2D eigenvalue weighted by Gasteiger charge is 2.26. The molecule has 1 saturated carbocycles. The molecule has 1 aliphatic rings. The van der Waals surface area contributed by atoms with Crippen molar-refractivity contribution in [3.8, 4) is 0 Å². The zero-order valence-electron chi connectivity index (χ0n) is 8.22. The van der Waals surface area contributed by atoms with Gasteiger partial charge >= 0.3 is 0 Å². The van der Waals surface area contributed by atoms with Crippen molar-refractivity contribution in [2.24, 2.45) is 0 Å². The normalized spacial score (nSPS) is 15.6. The minimum atomic E-state index is -0.195. The van der Waals surface area contributed by atoms with Gasteiger partial charge in [0.2, 0.25) is 0 Å². The van der Waals surface area contributed by atoms with Crippen LogP contribution in [0.4, 0.5) is 4.39 Å². The first-order valence-electron chi connectivity index (χ1n) is 4.94. The van der Waals surface area contributed by atoms with E-state index in [9.17, 15) is 9.18 Å². The van der Waals surface area contributed by atoms with Gasteiger partial charge in [0.15, 0.2) is 0 Å². The van der Waals surface area contributed by atoms with Gasteiger partial charge in [-0.2, -0.15) is 0 Å². The zero-order valence-corrected chi connectivity index (χ0v) is 8.22. The Kier molecular flexibility index (Phi) is 2.36. The standard InChI is InChI=1S/C12H13FO/c1-8(14)6-10-4-5-11(13)7-12(10)9-2-3-9/h4-5,7,9H,2-3,6H2,1H3. The molecule has 0 aromatic heterocycles. The smallest absolute Gasteiger partial charge is 0.134 e. The van der Waals surface area contributed by atoms with Gasteiger partial charge in [-0.3, -0.25) is 4.79 Å². The summed E-state index contributed by atoms with van der Waals surface area (Å²) in [5, 5.41) is 0. The molecule has 14 heavy (non-hydrogen) atoms. The predicted molar refractivity (Wildman–Crippen MR) is 52.8 cm³/mol. The summed E-state index contributed by atoms with van der Waals surface area (Å²) in [6.07, 6.45) is 2.70. The molecule has 0 saturated heterocycles. The highest BCUT2D eigenvalue weighted by atomic mass is 19.1. The summed E-state index contributed by atoms with van der Waals surface area (Å²) in [5.41, 5.74) is 2.04. The summed E-state index contributed by atoms with van der Waals surface area (Å²) in [6.45, 7) is 1.57. The van der Waals surface area contributed by atoms with Gasteiger partial charge < -0.3 is 0 Å². The second-order valence-electron chi connectivity index (χ2n) is 4.00. The van der Waals surface area contributed by atoms with E-state index in [1.807, 2.05) is 0 Å². The van der Waals surface area contributed by atoms with E-state index in [2.05, 4.69) is 0 Å². The third-order valence-electron chi connectivity index (χ3n) is 2.56. The fourth-order valence-electron chi connectivity index (χ4n) is 1.77. The minimum absolute atomic E-state index is 0.138. The Morgan fingerprint density at radius 1 is 1.50 bits per heavy atom. The van der Waals surface area contributed by atoms with Crippen LogP contribution in [0.3, 0.4) is 0 Å². The van der Waals surface area contributed by atoms with Gasteiger partial charge in [0, 0.05) is 6.42 Å². The molecule has 1 nitrogen and oxygen atoms in total. The Bertz CT molecular complexity index is 367. The van der Waals surface area contributed by atoms with Crippen molar-refractivity contribution in [1.29, 1.82) is 0 Å². The summed E-state index contributed by atoms with van der Waals surface area (Å²) >= 11 is 0. The Hall–Kier alpha value is -1.18. The van der Waals surface area contributed by atoms with Gasteiger partial charge in [-0.15, -0.1) is 0 Å². The van der Waals surface area contributed by atoms with Crippen LogP contribution in [0.15, 0.2) is 18.2 Å². The lowest BCUT2D eigenvalue weighted by Gasteiger charge is -2.06. The number of halogens is 1. The van der Waals surface area contributed by atoms with E-state index in [4.69, 9.17) is 0 Å². The highest BCUT2D eigenvalue weighted by molar-refractivity contribution is 5.78. The molecule has 0 aliphatic heterocycles. The fourth-order valence-corrected chi connectivity index (χ4v) is 1.77. The van der Waals surface area contributed by atoms with Crippen LogP contribution in [-0.4, -0.2) is 5.78 Å². The molecular weight excluding hydrogens is 179 g/mol. The van der Waals surface area contributed by atoms with Crippen LogP contribution in [0.25, 0.3) is 0 Å². The predicted octanol–water partition coefficient (Wildman–Crippen LogP) is 2.83. The molecule has 2 rings (SSSR count). The summed E-state index contributed by atoms with van der Waals surface area (Å²) < 4.78 is 13.0. The molecule has 1 aromatic rings. The third-order valence-corrected chi connectivity index (χ3v) is 2.56. The summed E-state index contributed by atoms with van der Waals surface area (Å²) in [7, 11) is 0. The van der Waals surface area contributed by atoms with E-state index in [-0.39, 0.29) is 11.6 Å². The number of rotatable bonds is 3. The lowest BCUT2D eigenvalue weighted by atomic mass is 9.99. The van der Waals surface area contributed by atoms with Crippen molar-refractivity contribution >= 4 is 5.78 Å². The largest absolute Gasteiger partial charge is 0.300 e. The number of hydrogen-bond donors (Lipinski definition) is 0. The first kappa shape index (κ1) is 9.38. The molecule has 1 aliphatic carbocycles. The van der Waals surface area contributed by atoms with Crippen LogP contribution in [0.2, 0.25) is 0 Å². The molecular formula is C12H13FO. The molecule has 0 N–H and O–H groups in total. The molecule has 1 aromatic carbocycles. The van der Waals surface area contributed by atoms with Crippen LogP contribution in [0.5, 0.6) is 0 Å². The molecule has 0 radical (unpaired) electrons. The maximum Gasteiger partial charge on any atom is 0.134 e. The summed E-state index contributed by atoms with van der Waals surface area (Å²) in [6, 6.07) is 4.75. The Morgan fingerprint density at radius 3 is 2.79 bits per heavy atom. The van der Waals surface area contributed by atoms with Crippen LogP contribution in [0.1, 0.15) is 36.8 Å². The maximum atomic E-state index is 13.0. The van der Waals surface area contributed by atoms with Gasteiger partial charge in [0.05, 0.1) is 0 Å². The van der Waals surface area contributed by atoms with Crippen molar-refractivity contribution in [2.75, 3.05) is 0 Å². The second-order valence-corrected chi connectivity index (χ2v) is 4.00. The number of hydrogen-bond acceptors (Lipinski definition) is 1.